The number of piperazine rings is 1. The van der Waals surface area contributed by atoms with Crippen LogP contribution in [0.25, 0.3) is 0 Å². The third-order valence-electron chi connectivity index (χ3n) is 5.92. The summed E-state index contributed by atoms with van der Waals surface area (Å²) in [5.74, 6) is 0. The average molecular weight is 338 g/mol. The Morgan fingerprint density at radius 1 is 0.875 bits per heavy atom. The maximum Gasteiger partial charge on any atom is 0.410 e. The van der Waals surface area contributed by atoms with Crippen molar-refractivity contribution >= 4 is 6.09 Å². The molecule has 3 rings (SSSR count). The van der Waals surface area contributed by atoms with Crippen LogP contribution in [-0.4, -0.2) is 67.3 Å². The number of ether oxygens (including phenoxy) is 1. The summed E-state index contributed by atoms with van der Waals surface area (Å²) < 4.78 is 5.68. The molecule has 0 aromatic carbocycles. The molecule has 1 N–H and O–H groups in total. The Hall–Kier alpha value is -0.810. The molecular formula is C19H35N3O2. The van der Waals surface area contributed by atoms with Gasteiger partial charge in [0.25, 0.3) is 0 Å². The normalized spacial score (nSPS) is 24.9. The third-order valence-corrected chi connectivity index (χ3v) is 5.92. The van der Waals surface area contributed by atoms with Crippen LogP contribution in [0.1, 0.15) is 64.2 Å². The van der Waals surface area contributed by atoms with Crippen LogP contribution >= 0.6 is 0 Å². The first-order valence-electron chi connectivity index (χ1n) is 10.2. The minimum atomic E-state index is -0.0816. The molecule has 0 aromatic rings. The zero-order valence-electron chi connectivity index (χ0n) is 15.2. The lowest BCUT2D eigenvalue weighted by atomic mass is 9.95. The highest BCUT2D eigenvalue weighted by atomic mass is 16.6. The number of nitrogens with zero attached hydrogens (tertiary/aromatic N) is 2. The molecule has 0 aromatic heterocycles. The summed E-state index contributed by atoms with van der Waals surface area (Å²) in [5, 5.41) is 3.71. The number of nitrogens with one attached hydrogen (secondary N) is 1. The van der Waals surface area contributed by atoms with E-state index in [0.29, 0.717) is 0 Å². The van der Waals surface area contributed by atoms with Gasteiger partial charge in [0.15, 0.2) is 0 Å². The van der Waals surface area contributed by atoms with E-state index in [0.717, 1.165) is 58.2 Å². The molecule has 0 unspecified atom stereocenters. The first-order valence-corrected chi connectivity index (χ1v) is 10.2. The summed E-state index contributed by atoms with van der Waals surface area (Å²) in [4.78, 5) is 16.6. The molecule has 1 aliphatic heterocycles. The largest absolute Gasteiger partial charge is 0.446 e. The lowest BCUT2D eigenvalue weighted by Gasteiger charge is -2.35. The van der Waals surface area contributed by atoms with E-state index < -0.39 is 0 Å². The first kappa shape index (κ1) is 18.0. The number of rotatable bonds is 5. The van der Waals surface area contributed by atoms with Crippen molar-refractivity contribution in [2.24, 2.45) is 0 Å². The number of carbonyl (C=O) groups is 1. The molecule has 24 heavy (non-hydrogen) atoms. The molecule has 0 radical (unpaired) electrons. The van der Waals surface area contributed by atoms with Crippen LogP contribution in [-0.2, 0) is 4.74 Å². The van der Waals surface area contributed by atoms with Gasteiger partial charge < -0.3 is 15.0 Å². The first-order chi connectivity index (χ1) is 11.8. The number of hydrogen-bond acceptors (Lipinski definition) is 4. The maximum absolute atomic E-state index is 12.3. The third kappa shape index (κ3) is 5.62. The standard InChI is InChI=1S/C19H35N3O2/c23-19(24-18-9-5-2-6-10-18)22-15-13-21(14-16-22)12-11-20-17-7-3-1-4-8-17/h17-18,20H,1-16H2. The van der Waals surface area contributed by atoms with Gasteiger partial charge in [0, 0.05) is 45.3 Å². The summed E-state index contributed by atoms with van der Waals surface area (Å²) in [6.45, 7) is 5.77. The molecule has 2 saturated carbocycles. The van der Waals surface area contributed by atoms with Crippen LogP contribution in [0.3, 0.4) is 0 Å². The summed E-state index contributed by atoms with van der Waals surface area (Å²) in [7, 11) is 0. The van der Waals surface area contributed by atoms with E-state index >= 15 is 0 Å². The monoisotopic (exact) mass is 337 g/mol. The zero-order valence-corrected chi connectivity index (χ0v) is 15.2. The molecule has 1 amide bonds. The van der Waals surface area contributed by atoms with E-state index in [9.17, 15) is 4.79 Å². The van der Waals surface area contributed by atoms with Gasteiger partial charge in [-0.15, -0.1) is 0 Å². The van der Waals surface area contributed by atoms with E-state index in [4.69, 9.17) is 4.74 Å². The van der Waals surface area contributed by atoms with Crippen molar-refractivity contribution in [3.8, 4) is 0 Å². The average Bonchev–Trinajstić information content (AvgIpc) is 2.64. The van der Waals surface area contributed by atoms with Gasteiger partial charge in [-0.25, -0.2) is 4.79 Å². The molecule has 3 fully saturated rings. The highest BCUT2D eigenvalue weighted by Crippen LogP contribution is 2.21. The summed E-state index contributed by atoms with van der Waals surface area (Å²) >= 11 is 0. The minimum absolute atomic E-state index is 0.0816. The van der Waals surface area contributed by atoms with Gasteiger partial charge >= 0.3 is 6.09 Å². The van der Waals surface area contributed by atoms with Crippen LogP contribution < -0.4 is 5.32 Å². The second kappa shape index (κ2) is 9.62. The fraction of sp³-hybridized carbons (Fsp3) is 0.947. The Kier molecular flexibility index (Phi) is 7.21. The Morgan fingerprint density at radius 2 is 1.50 bits per heavy atom. The zero-order chi connectivity index (χ0) is 16.6. The maximum atomic E-state index is 12.3. The molecular weight excluding hydrogens is 302 g/mol. The summed E-state index contributed by atoms with van der Waals surface area (Å²) in [6.07, 6.45) is 12.8. The van der Waals surface area contributed by atoms with Crippen LogP contribution in [0.4, 0.5) is 4.79 Å². The Balaban J connectivity index is 1.28. The van der Waals surface area contributed by atoms with Crippen molar-refractivity contribution in [2.75, 3.05) is 39.3 Å². The van der Waals surface area contributed by atoms with Gasteiger partial charge in [-0.3, -0.25) is 4.90 Å². The Morgan fingerprint density at radius 3 is 2.17 bits per heavy atom. The molecule has 0 atom stereocenters. The predicted octanol–water partition coefficient (Wildman–Crippen LogP) is 3.00. The highest BCUT2D eigenvalue weighted by Gasteiger charge is 2.25. The fourth-order valence-corrected chi connectivity index (χ4v) is 4.29. The van der Waals surface area contributed by atoms with E-state index in [1.807, 2.05) is 4.90 Å². The van der Waals surface area contributed by atoms with E-state index in [-0.39, 0.29) is 12.2 Å². The topological polar surface area (TPSA) is 44.8 Å². The lowest BCUT2D eigenvalue weighted by Crippen LogP contribution is -2.51. The van der Waals surface area contributed by atoms with Crippen molar-refractivity contribution in [2.45, 2.75) is 76.4 Å². The van der Waals surface area contributed by atoms with Gasteiger partial charge in [0.05, 0.1) is 0 Å². The Labute approximate surface area is 147 Å². The lowest BCUT2D eigenvalue weighted by molar-refractivity contribution is 0.0329. The van der Waals surface area contributed by atoms with Gasteiger partial charge in [0.1, 0.15) is 6.10 Å². The second-order valence-corrected chi connectivity index (χ2v) is 7.76. The Bertz CT molecular complexity index is 371. The molecule has 0 bridgehead atoms. The minimum Gasteiger partial charge on any atom is -0.446 e. The summed E-state index contributed by atoms with van der Waals surface area (Å²) in [5.41, 5.74) is 0. The van der Waals surface area contributed by atoms with Crippen LogP contribution in [0, 0.1) is 0 Å². The number of carbonyl (C=O) groups excluding carboxylic acids is 1. The predicted molar refractivity (Wildman–Crippen MR) is 96.2 cm³/mol. The van der Waals surface area contributed by atoms with Gasteiger partial charge in [0.2, 0.25) is 0 Å². The smallest absolute Gasteiger partial charge is 0.410 e. The van der Waals surface area contributed by atoms with Crippen molar-refractivity contribution < 1.29 is 9.53 Å². The number of hydrogen-bond donors (Lipinski definition) is 1. The van der Waals surface area contributed by atoms with Crippen molar-refractivity contribution in [1.29, 1.82) is 0 Å². The van der Waals surface area contributed by atoms with Gasteiger partial charge in [-0.05, 0) is 38.5 Å². The molecule has 0 spiro atoms. The van der Waals surface area contributed by atoms with Crippen molar-refractivity contribution in [3.63, 3.8) is 0 Å². The van der Waals surface area contributed by atoms with Crippen LogP contribution in [0.5, 0.6) is 0 Å². The second-order valence-electron chi connectivity index (χ2n) is 7.76. The van der Waals surface area contributed by atoms with Crippen LogP contribution in [0.15, 0.2) is 0 Å². The quantitative estimate of drug-likeness (QED) is 0.838. The molecule has 5 nitrogen and oxygen atoms in total. The molecule has 5 heteroatoms. The van der Waals surface area contributed by atoms with Crippen LogP contribution in [0.2, 0.25) is 0 Å². The molecule has 3 aliphatic rings. The molecule has 138 valence electrons. The van der Waals surface area contributed by atoms with Gasteiger partial charge in [-0.1, -0.05) is 25.7 Å². The van der Waals surface area contributed by atoms with Crippen molar-refractivity contribution in [1.82, 2.24) is 15.1 Å². The number of amides is 1. The molecule has 1 heterocycles. The molecule has 2 aliphatic carbocycles. The van der Waals surface area contributed by atoms with E-state index in [1.54, 1.807) is 0 Å². The van der Waals surface area contributed by atoms with E-state index in [1.165, 1.54) is 51.4 Å². The molecule has 1 saturated heterocycles. The fourth-order valence-electron chi connectivity index (χ4n) is 4.29. The highest BCUT2D eigenvalue weighted by molar-refractivity contribution is 5.68. The summed E-state index contributed by atoms with van der Waals surface area (Å²) in [6, 6.07) is 0.741. The van der Waals surface area contributed by atoms with Crippen molar-refractivity contribution in [3.05, 3.63) is 0 Å². The SMILES string of the molecule is O=C(OC1CCCCC1)N1CCN(CCNC2CCCCC2)CC1. The van der Waals surface area contributed by atoms with E-state index in [2.05, 4.69) is 10.2 Å². The van der Waals surface area contributed by atoms with Gasteiger partial charge in [-0.2, -0.15) is 0 Å².